The van der Waals surface area contributed by atoms with E-state index in [4.69, 9.17) is 0 Å². The van der Waals surface area contributed by atoms with Crippen LogP contribution in [0.4, 0.5) is 0 Å². The second kappa shape index (κ2) is 6.04. The summed E-state index contributed by atoms with van der Waals surface area (Å²) >= 11 is 0. The Bertz CT molecular complexity index is 613. The summed E-state index contributed by atoms with van der Waals surface area (Å²) in [5, 5.41) is 9.87. The van der Waals surface area contributed by atoms with Crippen LogP contribution in [0.15, 0.2) is 23.1 Å². The first-order valence-corrected chi connectivity index (χ1v) is 8.57. The van der Waals surface area contributed by atoms with Gasteiger partial charge in [-0.2, -0.15) is 4.31 Å². The zero-order valence-electron chi connectivity index (χ0n) is 13.1. The lowest BCUT2D eigenvalue weighted by atomic mass is 10.1. The van der Waals surface area contributed by atoms with E-state index in [1.807, 2.05) is 38.9 Å². The molecule has 1 heterocycles. The first kappa shape index (κ1) is 16.4. The summed E-state index contributed by atoms with van der Waals surface area (Å²) < 4.78 is 27.1. The van der Waals surface area contributed by atoms with Crippen LogP contribution < -0.4 is 0 Å². The Balaban J connectivity index is 2.34. The van der Waals surface area contributed by atoms with E-state index in [2.05, 4.69) is 0 Å². The van der Waals surface area contributed by atoms with Crippen molar-refractivity contribution in [3.63, 3.8) is 0 Å². The highest BCUT2D eigenvalue weighted by molar-refractivity contribution is 7.89. The fourth-order valence-electron chi connectivity index (χ4n) is 2.75. The quantitative estimate of drug-likeness (QED) is 0.901. The summed E-state index contributed by atoms with van der Waals surface area (Å²) in [5.74, 6) is 0. The zero-order valence-corrected chi connectivity index (χ0v) is 13.9. The van der Waals surface area contributed by atoms with Gasteiger partial charge >= 0.3 is 0 Å². The van der Waals surface area contributed by atoms with Crippen molar-refractivity contribution in [2.45, 2.75) is 37.3 Å². The molecule has 0 spiro atoms. The van der Waals surface area contributed by atoms with E-state index < -0.39 is 16.1 Å². The summed E-state index contributed by atoms with van der Waals surface area (Å²) in [6.45, 7) is 4.65. The van der Waals surface area contributed by atoms with Gasteiger partial charge in [0.2, 0.25) is 10.0 Å². The number of benzene rings is 1. The molecule has 1 aliphatic heterocycles. The first-order chi connectivity index (χ1) is 9.71. The van der Waals surface area contributed by atoms with Crippen LogP contribution in [-0.4, -0.2) is 62.1 Å². The van der Waals surface area contributed by atoms with E-state index >= 15 is 0 Å². The van der Waals surface area contributed by atoms with Gasteiger partial charge in [-0.3, -0.25) is 0 Å². The Morgan fingerprint density at radius 3 is 2.52 bits per heavy atom. The summed E-state index contributed by atoms with van der Waals surface area (Å²) in [4.78, 5) is 2.26. The zero-order chi connectivity index (χ0) is 15.8. The van der Waals surface area contributed by atoms with Crippen molar-refractivity contribution in [2.24, 2.45) is 0 Å². The van der Waals surface area contributed by atoms with E-state index in [1.54, 1.807) is 12.1 Å². The minimum atomic E-state index is -3.56. The largest absolute Gasteiger partial charge is 0.392 e. The number of likely N-dealkylation sites (N-methyl/N-ethyl adjacent to an activating group) is 1. The Morgan fingerprint density at radius 1 is 1.29 bits per heavy atom. The van der Waals surface area contributed by atoms with Crippen LogP contribution in [0.5, 0.6) is 0 Å². The molecular formula is C15H24N2O3S. The van der Waals surface area contributed by atoms with Crippen LogP contribution in [-0.2, 0) is 10.0 Å². The minimum absolute atomic E-state index is 0.174. The maximum atomic E-state index is 12.8. The molecule has 118 valence electrons. The Kier molecular flexibility index (Phi) is 4.72. The smallest absolute Gasteiger partial charge is 0.243 e. The van der Waals surface area contributed by atoms with E-state index in [9.17, 15) is 13.5 Å². The maximum absolute atomic E-state index is 12.8. The number of sulfonamides is 1. The number of aryl methyl sites for hydroxylation is 2. The number of β-amino-alcohol motifs (C(OH)–C–C–N with tert-alkyl or cyclic N) is 1. The monoisotopic (exact) mass is 312 g/mol. The fraction of sp³-hybridized carbons (Fsp3) is 0.600. The number of hydrogen-bond donors (Lipinski definition) is 1. The molecule has 0 aromatic heterocycles. The van der Waals surface area contributed by atoms with Gasteiger partial charge < -0.3 is 10.0 Å². The standard InChI is InChI=1S/C15H24N2O3S/c1-11-5-6-15(7-12(11)2)21(19,20)17-10-14(18)8-13(17)9-16(3)4/h5-7,13-14,18H,8-10H2,1-4H3. The number of hydrogen-bond acceptors (Lipinski definition) is 4. The van der Waals surface area contributed by atoms with Gasteiger partial charge in [0.25, 0.3) is 0 Å². The van der Waals surface area contributed by atoms with Gasteiger partial charge in [0.15, 0.2) is 0 Å². The summed E-state index contributed by atoms with van der Waals surface area (Å²) in [7, 11) is 0.258. The topological polar surface area (TPSA) is 60.9 Å². The molecule has 1 saturated heterocycles. The highest BCUT2D eigenvalue weighted by atomic mass is 32.2. The molecule has 0 saturated carbocycles. The molecule has 21 heavy (non-hydrogen) atoms. The van der Waals surface area contributed by atoms with Crippen molar-refractivity contribution < 1.29 is 13.5 Å². The average Bonchev–Trinajstić information content (AvgIpc) is 2.73. The van der Waals surface area contributed by atoms with Gasteiger partial charge in [-0.25, -0.2) is 8.42 Å². The Labute approximate surface area is 127 Å². The van der Waals surface area contributed by atoms with E-state index in [1.165, 1.54) is 4.31 Å². The second-order valence-corrected chi connectivity index (χ2v) is 8.02. The maximum Gasteiger partial charge on any atom is 0.243 e. The highest BCUT2D eigenvalue weighted by Gasteiger charge is 2.39. The minimum Gasteiger partial charge on any atom is -0.392 e. The molecule has 0 aliphatic carbocycles. The average molecular weight is 312 g/mol. The lowest BCUT2D eigenvalue weighted by molar-refractivity contribution is 0.188. The molecule has 1 aliphatic rings. The van der Waals surface area contributed by atoms with Crippen LogP contribution in [0.1, 0.15) is 17.5 Å². The van der Waals surface area contributed by atoms with Crippen molar-refractivity contribution in [1.82, 2.24) is 9.21 Å². The van der Waals surface area contributed by atoms with E-state index in [-0.39, 0.29) is 12.6 Å². The van der Waals surface area contributed by atoms with Gasteiger partial charge in [-0.15, -0.1) is 0 Å². The summed E-state index contributed by atoms with van der Waals surface area (Å²) in [5.41, 5.74) is 2.03. The molecule has 2 atom stereocenters. The van der Waals surface area contributed by atoms with Crippen LogP contribution in [0, 0.1) is 13.8 Å². The van der Waals surface area contributed by atoms with Crippen LogP contribution in [0.25, 0.3) is 0 Å². The molecule has 2 unspecified atom stereocenters. The normalized spacial score (nSPS) is 23.9. The second-order valence-electron chi connectivity index (χ2n) is 6.13. The Hall–Kier alpha value is -0.950. The van der Waals surface area contributed by atoms with Crippen molar-refractivity contribution in [1.29, 1.82) is 0 Å². The van der Waals surface area contributed by atoms with Crippen LogP contribution >= 0.6 is 0 Å². The lowest BCUT2D eigenvalue weighted by Gasteiger charge is -2.26. The summed E-state index contributed by atoms with van der Waals surface area (Å²) in [6.07, 6.45) is -0.0984. The number of aliphatic hydroxyl groups excluding tert-OH is 1. The molecule has 6 heteroatoms. The van der Waals surface area contributed by atoms with Crippen molar-refractivity contribution in [3.8, 4) is 0 Å². The van der Waals surface area contributed by atoms with Gasteiger partial charge in [-0.05, 0) is 57.6 Å². The summed E-state index contributed by atoms with van der Waals surface area (Å²) in [6, 6.07) is 5.01. The third kappa shape index (κ3) is 3.45. The molecule has 2 rings (SSSR count). The number of nitrogens with zero attached hydrogens (tertiary/aromatic N) is 2. The SMILES string of the molecule is Cc1ccc(S(=O)(=O)N2CC(O)CC2CN(C)C)cc1C. The molecule has 0 amide bonds. The van der Waals surface area contributed by atoms with Gasteiger partial charge in [-0.1, -0.05) is 6.07 Å². The van der Waals surface area contributed by atoms with Gasteiger partial charge in [0.1, 0.15) is 0 Å². The van der Waals surface area contributed by atoms with Gasteiger partial charge in [0.05, 0.1) is 11.0 Å². The van der Waals surface area contributed by atoms with Gasteiger partial charge in [0, 0.05) is 19.1 Å². The molecular weight excluding hydrogens is 288 g/mol. The third-order valence-electron chi connectivity index (χ3n) is 4.00. The molecule has 1 fully saturated rings. The molecule has 1 aromatic carbocycles. The van der Waals surface area contributed by atoms with Crippen LogP contribution in [0.2, 0.25) is 0 Å². The molecule has 5 nitrogen and oxygen atoms in total. The van der Waals surface area contributed by atoms with E-state index in [0.717, 1.165) is 11.1 Å². The van der Waals surface area contributed by atoms with E-state index in [0.29, 0.717) is 17.9 Å². The number of rotatable bonds is 4. The molecule has 1 N–H and O–H groups in total. The van der Waals surface area contributed by atoms with Crippen molar-refractivity contribution in [3.05, 3.63) is 29.3 Å². The number of aliphatic hydroxyl groups is 1. The van der Waals surface area contributed by atoms with Crippen LogP contribution in [0.3, 0.4) is 0 Å². The van der Waals surface area contributed by atoms with Crippen molar-refractivity contribution in [2.75, 3.05) is 27.2 Å². The predicted octanol–water partition coefficient (Wildman–Crippen LogP) is 0.989. The Morgan fingerprint density at radius 2 is 1.95 bits per heavy atom. The highest BCUT2D eigenvalue weighted by Crippen LogP contribution is 2.27. The lowest BCUT2D eigenvalue weighted by Crippen LogP contribution is -2.41. The first-order valence-electron chi connectivity index (χ1n) is 7.13. The fourth-order valence-corrected chi connectivity index (χ4v) is 4.50. The molecule has 0 bridgehead atoms. The van der Waals surface area contributed by atoms with Crippen molar-refractivity contribution >= 4 is 10.0 Å². The molecule has 0 radical (unpaired) electrons. The molecule has 1 aromatic rings. The third-order valence-corrected chi connectivity index (χ3v) is 5.92. The predicted molar refractivity (Wildman–Crippen MR) is 82.8 cm³/mol.